The molecule has 0 aliphatic carbocycles. The zero-order valence-electron chi connectivity index (χ0n) is 20.5. The summed E-state index contributed by atoms with van der Waals surface area (Å²) in [5.74, 6) is 3.69. The van der Waals surface area contributed by atoms with Gasteiger partial charge >= 0.3 is 0 Å². The average Bonchev–Trinajstić information content (AvgIpc) is 3.60. The van der Waals surface area contributed by atoms with Gasteiger partial charge in [0.15, 0.2) is 11.5 Å². The third-order valence-corrected chi connectivity index (χ3v) is 6.96. The van der Waals surface area contributed by atoms with Crippen LogP contribution in [0.3, 0.4) is 0 Å². The van der Waals surface area contributed by atoms with E-state index in [1.165, 1.54) is 5.56 Å². The number of amides is 1. The van der Waals surface area contributed by atoms with Crippen LogP contribution in [0.15, 0.2) is 66.7 Å². The van der Waals surface area contributed by atoms with Gasteiger partial charge in [-0.2, -0.15) is 0 Å². The molecule has 7 nitrogen and oxygen atoms in total. The van der Waals surface area contributed by atoms with Gasteiger partial charge in [0.1, 0.15) is 18.2 Å². The Morgan fingerprint density at radius 3 is 2.72 bits per heavy atom. The Morgan fingerprint density at radius 1 is 1.03 bits per heavy atom. The van der Waals surface area contributed by atoms with Gasteiger partial charge in [0, 0.05) is 30.6 Å². The summed E-state index contributed by atoms with van der Waals surface area (Å²) >= 11 is 0. The Hall–Kier alpha value is -4.00. The van der Waals surface area contributed by atoms with E-state index in [1.54, 1.807) is 0 Å². The lowest BCUT2D eigenvalue weighted by atomic mass is 10.0. The number of aromatic nitrogens is 2. The Kier molecular flexibility index (Phi) is 5.76. The lowest BCUT2D eigenvalue weighted by Crippen LogP contribution is -2.24. The molecular formula is C29H29N3O4. The molecule has 2 aliphatic heterocycles. The topological polar surface area (TPSA) is 65.8 Å². The highest BCUT2D eigenvalue weighted by molar-refractivity contribution is 5.97. The van der Waals surface area contributed by atoms with Crippen molar-refractivity contribution in [2.75, 3.05) is 24.8 Å². The lowest BCUT2D eigenvalue weighted by molar-refractivity contribution is -0.117. The quantitative estimate of drug-likeness (QED) is 0.348. The molecule has 0 bridgehead atoms. The molecule has 3 aromatic carbocycles. The summed E-state index contributed by atoms with van der Waals surface area (Å²) in [7, 11) is 0. The Morgan fingerprint density at radius 2 is 1.83 bits per heavy atom. The number of para-hydroxylation sites is 3. The minimum atomic E-state index is -0.0155. The molecule has 0 radical (unpaired) electrons. The molecule has 2 aliphatic rings. The first-order chi connectivity index (χ1) is 17.6. The maximum absolute atomic E-state index is 13.1. The number of ether oxygens (including phenoxy) is 3. The smallest absolute Gasteiger partial charge is 0.231 e. The van der Waals surface area contributed by atoms with Crippen LogP contribution < -0.4 is 19.1 Å². The molecule has 1 unspecified atom stereocenters. The Balaban J connectivity index is 1.25. The second-order valence-corrected chi connectivity index (χ2v) is 9.59. The molecule has 1 amide bonds. The zero-order chi connectivity index (χ0) is 24.6. The molecule has 36 heavy (non-hydrogen) atoms. The van der Waals surface area contributed by atoms with Gasteiger partial charge < -0.3 is 23.7 Å². The predicted molar refractivity (Wildman–Crippen MR) is 138 cm³/mol. The molecule has 0 N–H and O–H groups in total. The summed E-state index contributed by atoms with van der Waals surface area (Å²) in [6.07, 6.45) is 0.412. The average molecular weight is 484 g/mol. The van der Waals surface area contributed by atoms with E-state index in [-0.39, 0.29) is 18.6 Å². The van der Waals surface area contributed by atoms with E-state index in [0.29, 0.717) is 43.5 Å². The second-order valence-electron chi connectivity index (χ2n) is 9.59. The number of benzene rings is 3. The van der Waals surface area contributed by atoms with Gasteiger partial charge in [-0.1, -0.05) is 44.2 Å². The van der Waals surface area contributed by atoms with Crippen LogP contribution >= 0.6 is 0 Å². The molecule has 1 fully saturated rings. The highest BCUT2D eigenvalue weighted by Gasteiger charge is 2.35. The maximum atomic E-state index is 13.1. The minimum absolute atomic E-state index is 0.0155. The maximum Gasteiger partial charge on any atom is 0.231 e. The van der Waals surface area contributed by atoms with E-state index >= 15 is 0 Å². The molecule has 0 saturated carbocycles. The van der Waals surface area contributed by atoms with E-state index in [0.717, 1.165) is 28.3 Å². The zero-order valence-corrected chi connectivity index (χ0v) is 20.5. The third-order valence-electron chi connectivity index (χ3n) is 6.96. The molecule has 4 aromatic rings. The molecule has 184 valence electrons. The molecular weight excluding hydrogens is 454 g/mol. The van der Waals surface area contributed by atoms with Crippen molar-refractivity contribution < 1.29 is 19.0 Å². The summed E-state index contributed by atoms with van der Waals surface area (Å²) in [4.78, 5) is 19.9. The van der Waals surface area contributed by atoms with Crippen molar-refractivity contribution >= 4 is 22.6 Å². The standard InChI is InChI=1S/C29H29N3O4/c1-19(2)22-7-3-6-10-25(22)34-14-13-31-24-9-5-4-8-23(24)30-29(31)20-15-28(33)32(17-20)21-11-12-26-27(16-21)36-18-35-26/h3-12,16,19-20H,13-15,17-18H2,1-2H3. The van der Waals surface area contributed by atoms with Crippen molar-refractivity contribution in [2.24, 2.45) is 0 Å². The highest BCUT2D eigenvalue weighted by Crippen LogP contribution is 2.39. The van der Waals surface area contributed by atoms with Crippen LogP contribution in [-0.2, 0) is 11.3 Å². The van der Waals surface area contributed by atoms with Gasteiger partial charge in [-0.15, -0.1) is 0 Å². The van der Waals surface area contributed by atoms with Gasteiger partial charge in [0.05, 0.1) is 17.6 Å². The highest BCUT2D eigenvalue weighted by atomic mass is 16.7. The van der Waals surface area contributed by atoms with E-state index in [2.05, 4.69) is 30.5 Å². The SMILES string of the molecule is CC(C)c1ccccc1OCCn1c(C2CC(=O)N(c3ccc4c(c3)OCO4)C2)nc2ccccc21. The van der Waals surface area contributed by atoms with Crippen molar-refractivity contribution in [3.63, 3.8) is 0 Å². The minimum Gasteiger partial charge on any atom is -0.491 e. The molecule has 7 heteroatoms. The first kappa shape index (κ1) is 22.5. The van der Waals surface area contributed by atoms with Crippen molar-refractivity contribution in [3.8, 4) is 17.2 Å². The van der Waals surface area contributed by atoms with Crippen LogP contribution in [0.1, 0.15) is 43.5 Å². The van der Waals surface area contributed by atoms with Gasteiger partial charge in [-0.25, -0.2) is 4.98 Å². The number of anilines is 1. The number of fused-ring (bicyclic) bond motifs is 2. The first-order valence-electron chi connectivity index (χ1n) is 12.5. The summed E-state index contributed by atoms with van der Waals surface area (Å²) in [6, 6.07) is 22.0. The number of carbonyl (C=O) groups excluding carboxylic acids is 1. The van der Waals surface area contributed by atoms with E-state index < -0.39 is 0 Å². The summed E-state index contributed by atoms with van der Waals surface area (Å²) in [5.41, 5.74) is 4.02. The Bertz CT molecular complexity index is 1430. The number of imidazole rings is 1. The van der Waals surface area contributed by atoms with E-state index in [1.807, 2.05) is 59.5 Å². The van der Waals surface area contributed by atoms with E-state index in [4.69, 9.17) is 19.2 Å². The van der Waals surface area contributed by atoms with Crippen LogP contribution in [0.25, 0.3) is 11.0 Å². The van der Waals surface area contributed by atoms with Gasteiger partial charge in [-0.3, -0.25) is 4.79 Å². The first-order valence-corrected chi connectivity index (χ1v) is 12.5. The predicted octanol–water partition coefficient (Wildman–Crippen LogP) is 5.49. The molecule has 3 heterocycles. The molecule has 1 saturated heterocycles. The second kappa shape index (κ2) is 9.22. The fourth-order valence-electron chi connectivity index (χ4n) is 5.16. The fourth-order valence-corrected chi connectivity index (χ4v) is 5.16. The van der Waals surface area contributed by atoms with Crippen molar-refractivity contribution in [1.82, 2.24) is 9.55 Å². The lowest BCUT2D eigenvalue weighted by Gasteiger charge is -2.18. The monoisotopic (exact) mass is 483 g/mol. The van der Waals surface area contributed by atoms with Crippen LogP contribution in [0.4, 0.5) is 5.69 Å². The van der Waals surface area contributed by atoms with Gasteiger partial charge in [0.2, 0.25) is 12.7 Å². The van der Waals surface area contributed by atoms with Crippen molar-refractivity contribution in [3.05, 3.63) is 78.1 Å². The number of carbonyl (C=O) groups is 1. The number of rotatable bonds is 7. The molecule has 0 spiro atoms. The van der Waals surface area contributed by atoms with Gasteiger partial charge in [0.25, 0.3) is 0 Å². The molecule has 1 atom stereocenters. The van der Waals surface area contributed by atoms with Crippen LogP contribution in [0, 0.1) is 0 Å². The number of nitrogens with zero attached hydrogens (tertiary/aromatic N) is 3. The van der Waals surface area contributed by atoms with Gasteiger partial charge in [-0.05, 0) is 41.8 Å². The van der Waals surface area contributed by atoms with Crippen molar-refractivity contribution in [2.45, 2.75) is 38.6 Å². The van der Waals surface area contributed by atoms with Crippen LogP contribution in [0.5, 0.6) is 17.2 Å². The van der Waals surface area contributed by atoms with Crippen LogP contribution in [-0.4, -0.2) is 35.4 Å². The normalized spacial score (nSPS) is 16.9. The molecule has 6 rings (SSSR count). The summed E-state index contributed by atoms with van der Waals surface area (Å²) < 4.78 is 19.4. The largest absolute Gasteiger partial charge is 0.491 e. The number of hydrogen-bond donors (Lipinski definition) is 0. The summed E-state index contributed by atoms with van der Waals surface area (Å²) in [5, 5.41) is 0. The van der Waals surface area contributed by atoms with Crippen LogP contribution in [0.2, 0.25) is 0 Å². The van der Waals surface area contributed by atoms with E-state index in [9.17, 15) is 4.79 Å². The number of hydrogen-bond acceptors (Lipinski definition) is 5. The third kappa shape index (κ3) is 4.04. The molecule has 1 aromatic heterocycles. The summed E-state index contributed by atoms with van der Waals surface area (Å²) in [6.45, 7) is 6.29. The fraction of sp³-hybridized carbons (Fsp3) is 0.310. The van der Waals surface area contributed by atoms with Crippen molar-refractivity contribution in [1.29, 1.82) is 0 Å². The Labute approximate surface area is 210 Å².